The van der Waals surface area contributed by atoms with Gasteiger partial charge < -0.3 is 25.3 Å². The van der Waals surface area contributed by atoms with Crippen molar-refractivity contribution < 1.29 is 22.7 Å². The average Bonchev–Trinajstić information content (AvgIpc) is 3.21. The van der Waals surface area contributed by atoms with Crippen LogP contribution in [0.3, 0.4) is 0 Å². The van der Waals surface area contributed by atoms with Gasteiger partial charge in [-0.15, -0.1) is 0 Å². The number of halogens is 3. The van der Waals surface area contributed by atoms with Gasteiger partial charge in [-0.3, -0.25) is 4.79 Å². The lowest BCUT2D eigenvalue weighted by molar-refractivity contribution is -0.138. The van der Waals surface area contributed by atoms with Crippen LogP contribution in [-0.2, 0) is 9.53 Å². The molecule has 0 spiro atoms. The summed E-state index contributed by atoms with van der Waals surface area (Å²) in [6, 6.07) is -1.02. The van der Waals surface area contributed by atoms with E-state index in [9.17, 15) is 18.0 Å². The maximum absolute atomic E-state index is 12.4. The first-order valence-corrected chi connectivity index (χ1v) is 9.77. The second-order valence-electron chi connectivity index (χ2n) is 7.07. The highest BCUT2D eigenvalue weighted by Crippen LogP contribution is 2.26. The van der Waals surface area contributed by atoms with Crippen molar-refractivity contribution >= 4 is 28.8 Å². The number of anilines is 2. The van der Waals surface area contributed by atoms with E-state index in [0.29, 0.717) is 54.7 Å². The number of nitrogens with zero attached hydrogens (tertiary/aromatic N) is 6. The number of aromatic nitrogens is 6. The molecule has 0 bridgehead atoms. The van der Waals surface area contributed by atoms with E-state index in [1.807, 2.05) is 10.2 Å². The summed E-state index contributed by atoms with van der Waals surface area (Å²) in [6.07, 6.45) is 0.202. The Morgan fingerprint density at radius 3 is 2.81 bits per heavy atom. The van der Waals surface area contributed by atoms with E-state index in [1.54, 1.807) is 12.4 Å². The van der Waals surface area contributed by atoms with Crippen LogP contribution < -0.4 is 15.5 Å². The fraction of sp³-hybridized carbons (Fsp3) is 0.444. The molecule has 0 aliphatic carbocycles. The predicted molar refractivity (Wildman–Crippen MR) is 108 cm³/mol. The molecule has 3 aromatic heterocycles. The minimum Gasteiger partial charge on any atom is -0.378 e. The topological polar surface area (TPSA) is 134 Å². The molecule has 4 heterocycles. The molecule has 11 nitrogen and oxygen atoms in total. The van der Waals surface area contributed by atoms with E-state index in [4.69, 9.17) is 4.74 Å². The summed E-state index contributed by atoms with van der Waals surface area (Å²) >= 11 is 0. The lowest BCUT2D eigenvalue weighted by Crippen LogP contribution is -2.42. The zero-order chi connectivity index (χ0) is 22.7. The monoisotopic (exact) mass is 451 g/mol. The smallest absolute Gasteiger partial charge is 0.378 e. The van der Waals surface area contributed by atoms with Crippen LogP contribution in [0.4, 0.5) is 25.1 Å². The van der Waals surface area contributed by atoms with Gasteiger partial charge in [0.2, 0.25) is 17.8 Å². The molecule has 1 saturated heterocycles. The number of ether oxygens (including phenoxy) is 1. The van der Waals surface area contributed by atoms with Crippen LogP contribution in [-0.4, -0.2) is 80.9 Å². The summed E-state index contributed by atoms with van der Waals surface area (Å²) in [6.45, 7) is 2.11. The number of morpholine rings is 1. The first-order valence-electron chi connectivity index (χ1n) is 9.77. The molecule has 170 valence electrons. The standard InChI is InChI=1S/C18H20F3N9O2/c1-10(15(31)24-8-18(19,20)21)26-16-27-14(12-7-23-13-11(12)6-22-9-25-13)28-17(29-16)30-2-4-32-5-3-30/h6-7,9-10H,2-5,8H2,1H3,(H,24,31)(H,22,23,25)(H,26,27,28,29). The zero-order valence-corrected chi connectivity index (χ0v) is 17.0. The minimum absolute atomic E-state index is 0.0531. The highest BCUT2D eigenvalue weighted by molar-refractivity contribution is 5.91. The SMILES string of the molecule is CC(Nc1nc(-c2c[nH]c3ncncc23)nc(N2CCOCC2)n1)C(=O)NCC(F)(F)F. The van der Waals surface area contributed by atoms with Crippen LogP contribution in [0, 0.1) is 0 Å². The summed E-state index contributed by atoms with van der Waals surface area (Å²) in [4.78, 5) is 38.5. The van der Waals surface area contributed by atoms with Gasteiger partial charge in [-0.25, -0.2) is 9.97 Å². The molecule has 0 saturated carbocycles. The average molecular weight is 451 g/mol. The van der Waals surface area contributed by atoms with Crippen molar-refractivity contribution in [2.75, 3.05) is 43.1 Å². The second kappa shape index (κ2) is 8.90. The normalized spacial score (nSPS) is 15.6. The minimum atomic E-state index is -4.50. The molecule has 14 heteroatoms. The highest BCUT2D eigenvalue weighted by atomic mass is 19.4. The number of nitrogens with one attached hydrogen (secondary N) is 3. The fourth-order valence-corrected chi connectivity index (χ4v) is 3.10. The summed E-state index contributed by atoms with van der Waals surface area (Å²) < 4.78 is 42.6. The number of fused-ring (bicyclic) bond motifs is 1. The van der Waals surface area contributed by atoms with Crippen LogP contribution in [0.2, 0.25) is 0 Å². The van der Waals surface area contributed by atoms with Gasteiger partial charge in [-0.2, -0.15) is 28.1 Å². The lowest BCUT2D eigenvalue weighted by Gasteiger charge is -2.27. The number of carbonyl (C=O) groups is 1. The van der Waals surface area contributed by atoms with Crippen LogP contribution in [0.25, 0.3) is 22.4 Å². The Bertz CT molecular complexity index is 1100. The Kier molecular flexibility index (Phi) is 6.03. The van der Waals surface area contributed by atoms with Crippen molar-refractivity contribution in [3.8, 4) is 11.4 Å². The third kappa shape index (κ3) is 5.01. The molecule has 0 aromatic carbocycles. The van der Waals surface area contributed by atoms with Crippen molar-refractivity contribution in [1.29, 1.82) is 0 Å². The molecule has 1 aliphatic heterocycles. The zero-order valence-electron chi connectivity index (χ0n) is 17.0. The van der Waals surface area contributed by atoms with Crippen LogP contribution in [0.1, 0.15) is 6.92 Å². The molecule has 1 fully saturated rings. The molecule has 3 N–H and O–H groups in total. The summed E-state index contributed by atoms with van der Waals surface area (Å²) in [5.41, 5.74) is 1.22. The van der Waals surface area contributed by atoms with E-state index in [1.165, 1.54) is 13.3 Å². The maximum Gasteiger partial charge on any atom is 0.405 e. The largest absolute Gasteiger partial charge is 0.405 e. The number of alkyl halides is 3. The van der Waals surface area contributed by atoms with Crippen molar-refractivity contribution in [3.63, 3.8) is 0 Å². The quantitative estimate of drug-likeness (QED) is 0.504. The molecule has 1 unspecified atom stereocenters. The number of H-pyrrole nitrogens is 1. The van der Waals surface area contributed by atoms with Gasteiger partial charge in [0.1, 0.15) is 24.6 Å². The first kappa shape index (κ1) is 21.7. The molecule has 3 aromatic rings. The van der Waals surface area contributed by atoms with E-state index >= 15 is 0 Å². The number of amides is 1. The Morgan fingerprint density at radius 1 is 1.28 bits per heavy atom. The maximum atomic E-state index is 12.4. The molecular weight excluding hydrogens is 431 g/mol. The van der Waals surface area contributed by atoms with Gasteiger partial charge in [0.05, 0.1) is 13.2 Å². The molecule has 0 radical (unpaired) electrons. The molecule has 1 aliphatic rings. The van der Waals surface area contributed by atoms with Crippen LogP contribution in [0.15, 0.2) is 18.7 Å². The number of rotatable bonds is 6. The highest BCUT2D eigenvalue weighted by Gasteiger charge is 2.29. The number of hydrogen-bond acceptors (Lipinski definition) is 9. The van der Waals surface area contributed by atoms with Gasteiger partial charge in [0.25, 0.3) is 0 Å². The predicted octanol–water partition coefficient (Wildman–Crippen LogP) is 1.13. The second-order valence-corrected chi connectivity index (χ2v) is 7.07. The van der Waals surface area contributed by atoms with Gasteiger partial charge >= 0.3 is 6.18 Å². The Labute approximate surface area is 179 Å². The number of hydrogen-bond donors (Lipinski definition) is 3. The molecular formula is C18H20F3N9O2. The first-order chi connectivity index (χ1) is 15.3. The van der Waals surface area contributed by atoms with Gasteiger partial charge in [-0.05, 0) is 6.92 Å². The summed E-state index contributed by atoms with van der Waals surface area (Å²) in [5.74, 6) is -0.127. The molecule has 1 atom stereocenters. The van der Waals surface area contributed by atoms with Crippen LogP contribution >= 0.6 is 0 Å². The van der Waals surface area contributed by atoms with Crippen molar-refractivity contribution in [2.45, 2.75) is 19.1 Å². The van der Waals surface area contributed by atoms with Crippen LogP contribution in [0.5, 0.6) is 0 Å². The third-order valence-corrected chi connectivity index (χ3v) is 4.72. The Morgan fingerprint density at radius 2 is 2.06 bits per heavy atom. The summed E-state index contributed by atoms with van der Waals surface area (Å²) in [7, 11) is 0. The molecule has 4 rings (SSSR count). The van der Waals surface area contributed by atoms with E-state index in [0.717, 1.165) is 0 Å². The van der Waals surface area contributed by atoms with E-state index in [2.05, 4.69) is 35.2 Å². The Balaban J connectivity index is 1.64. The fourth-order valence-electron chi connectivity index (χ4n) is 3.10. The van der Waals surface area contributed by atoms with Crippen molar-refractivity contribution in [3.05, 3.63) is 18.7 Å². The van der Waals surface area contributed by atoms with E-state index in [-0.39, 0.29) is 5.95 Å². The van der Waals surface area contributed by atoms with Gasteiger partial charge in [0, 0.05) is 36.4 Å². The number of aromatic amines is 1. The van der Waals surface area contributed by atoms with Crippen molar-refractivity contribution in [2.24, 2.45) is 0 Å². The summed E-state index contributed by atoms with van der Waals surface area (Å²) in [5, 5.41) is 5.30. The molecule has 32 heavy (non-hydrogen) atoms. The van der Waals surface area contributed by atoms with Gasteiger partial charge in [-0.1, -0.05) is 0 Å². The van der Waals surface area contributed by atoms with E-state index < -0.39 is 24.7 Å². The molecule has 1 amide bonds. The van der Waals surface area contributed by atoms with Gasteiger partial charge in [0.15, 0.2) is 5.82 Å². The number of carbonyl (C=O) groups excluding carboxylic acids is 1. The van der Waals surface area contributed by atoms with Crippen molar-refractivity contribution in [1.82, 2.24) is 35.2 Å². The Hall–Kier alpha value is -3.55. The third-order valence-electron chi connectivity index (χ3n) is 4.72. The lowest BCUT2D eigenvalue weighted by atomic mass is 10.2.